The maximum Gasteiger partial charge on any atom is 0.223 e. The lowest BCUT2D eigenvalue weighted by Crippen LogP contribution is -2.41. The number of rotatable bonds is 5. The first-order chi connectivity index (χ1) is 10.3. The van der Waals surface area contributed by atoms with E-state index in [0.717, 1.165) is 5.56 Å². The number of carbonyl (C=O) groups is 1. The van der Waals surface area contributed by atoms with Gasteiger partial charge in [0, 0.05) is 24.0 Å². The Morgan fingerprint density at radius 1 is 1.41 bits per heavy atom. The topological polar surface area (TPSA) is 54.5 Å². The van der Waals surface area contributed by atoms with Crippen LogP contribution in [0.25, 0.3) is 0 Å². The van der Waals surface area contributed by atoms with Crippen LogP contribution in [0, 0.1) is 5.92 Å². The number of sulfone groups is 1. The second-order valence-electron chi connectivity index (χ2n) is 6.31. The van der Waals surface area contributed by atoms with Crippen molar-refractivity contribution in [2.24, 2.45) is 5.92 Å². The van der Waals surface area contributed by atoms with Crippen LogP contribution in [0.2, 0.25) is 5.02 Å². The van der Waals surface area contributed by atoms with Crippen molar-refractivity contribution in [2.45, 2.75) is 39.3 Å². The molecule has 4 nitrogen and oxygen atoms in total. The highest BCUT2D eigenvalue weighted by Gasteiger charge is 2.34. The van der Waals surface area contributed by atoms with Crippen molar-refractivity contribution in [3.63, 3.8) is 0 Å². The maximum absolute atomic E-state index is 12.5. The molecule has 1 atom stereocenters. The lowest BCUT2D eigenvalue weighted by atomic mass is 10.1. The predicted molar refractivity (Wildman–Crippen MR) is 88.5 cm³/mol. The Balaban J connectivity index is 2.20. The molecular weight excluding hydrogens is 322 g/mol. The van der Waals surface area contributed by atoms with E-state index in [-0.39, 0.29) is 29.4 Å². The van der Waals surface area contributed by atoms with Gasteiger partial charge in [0.15, 0.2) is 9.84 Å². The van der Waals surface area contributed by atoms with Gasteiger partial charge in [-0.15, -0.1) is 0 Å². The van der Waals surface area contributed by atoms with Gasteiger partial charge in [-0.2, -0.15) is 0 Å². The monoisotopic (exact) mass is 343 g/mol. The van der Waals surface area contributed by atoms with Crippen LogP contribution in [0.15, 0.2) is 24.3 Å². The van der Waals surface area contributed by atoms with E-state index in [1.54, 1.807) is 11.0 Å². The van der Waals surface area contributed by atoms with Crippen LogP contribution in [0.4, 0.5) is 0 Å². The largest absolute Gasteiger partial charge is 0.334 e. The molecule has 1 aromatic carbocycles. The highest BCUT2D eigenvalue weighted by molar-refractivity contribution is 7.91. The molecule has 1 amide bonds. The van der Waals surface area contributed by atoms with Crippen molar-refractivity contribution in [3.05, 3.63) is 34.9 Å². The SMILES string of the molecule is CC(C)CC(=O)N(Cc1cccc(Cl)c1)C1CCS(=O)(=O)C1. The lowest BCUT2D eigenvalue weighted by Gasteiger charge is -2.29. The summed E-state index contributed by atoms with van der Waals surface area (Å²) in [7, 11) is -3.02. The van der Waals surface area contributed by atoms with Crippen LogP contribution in [0.1, 0.15) is 32.3 Å². The fourth-order valence-corrected chi connectivity index (χ4v) is 4.68. The van der Waals surface area contributed by atoms with E-state index in [1.165, 1.54) is 0 Å². The highest BCUT2D eigenvalue weighted by atomic mass is 35.5. The van der Waals surface area contributed by atoms with Crippen LogP contribution < -0.4 is 0 Å². The Hall–Kier alpha value is -1.07. The first kappa shape index (κ1) is 17.3. The molecule has 0 aliphatic carbocycles. The molecule has 1 fully saturated rings. The van der Waals surface area contributed by atoms with Gasteiger partial charge in [0.05, 0.1) is 11.5 Å². The molecule has 0 saturated carbocycles. The molecule has 2 rings (SSSR count). The summed E-state index contributed by atoms with van der Waals surface area (Å²) in [6, 6.07) is 7.13. The molecular formula is C16H22ClNO3S. The molecule has 1 saturated heterocycles. The molecule has 1 aliphatic rings. The summed E-state index contributed by atoms with van der Waals surface area (Å²) in [6.45, 7) is 4.38. The van der Waals surface area contributed by atoms with E-state index in [1.807, 2.05) is 32.0 Å². The first-order valence-electron chi connectivity index (χ1n) is 7.51. The third-order valence-corrected chi connectivity index (χ3v) is 5.78. The molecule has 0 bridgehead atoms. The summed E-state index contributed by atoms with van der Waals surface area (Å²) >= 11 is 6.00. The van der Waals surface area contributed by atoms with Gasteiger partial charge in [-0.25, -0.2) is 8.42 Å². The summed E-state index contributed by atoms with van der Waals surface area (Å²) in [5.41, 5.74) is 0.925. The smallest absolute Gasteiger partial charge is 0.223 e. The predicted octanol–water partition coefficient (Wildman–Crippen LogP) is 2.90. The molecule has 1 heterocycles. The molecule has 1 unspecified atom stereocenters. The quantitative estimate of drug-likeness (QED) is 0.826. The van der Waals surface area contributed by atoms with Gasteiger partial charge in [-0.1, -0.05) is 37.6 Å². The minimum atomic E-state index is -3.02. The summed E-state index contributed by atoms with van der Waals surface area (Å²) in [5.74, 6) is 0.486. The Bertz CT molecular complexity index is 643. The molecule has 0 radical (unpaired) electrons. The number of carbonyl (C=O) groups excluding carboxylic acids is 1. The van der Waals surface area contributed by atoms with Crippen molar-refractivity contribution >= 4 is 27.3 Å². The molecule has 22 heavy (non-hydrogen) atoms. The third kappa shape index (κ3) is 4.71. The summed E-state index contributed by atoms with van der Waals surface area (Å²) in [4.78, 5) is 14.3. The zero-order valence-electron chi connectivity index (χ0n) is 13.0. The standard InChI is InChI=1S/C16H22ClNO3S/c1-12(2)8-16(19)18(15-6-7-22(20,21)11-15)10-13-4-3-5-14(17)9-13/h3-5,9,12,15H,6-8,10-11H2,1-2H3. The van der Waals surface area contributed by atoms with E-state index in [2.05, 4.69) is 0 Å². The zero-order chi connectivity index (χ0) is 16.3. The first-order valence-corrected chi connectivity index (χ1v) is 9.71. The fraction of sp³-hybridized carbons (Fsp3) is 0.562. The van der Waals surface area contributed by atoms with Crippen molar-refractivity contribution in [1.82, 2.24) is 4.90 Å². The van der Waals surface area contributed by atoms with Crippen LogP contribution >= 0.6 is 11.6 Å². The third-order valence-electron chi connectivity index (χ3n) is 3.79. The van der Waals surface area contributed by atoms with Gasteiger partial charge in [-0.3, -0.25) is 4.79 Å². The number of hydrogen-bond acceptors (Lipinski definition) is 3. The number of benzene rings is 1. The highest BCUT2D eigenvalue weighted by Crippen LogP contribution is 2.23. The van der Waals surface area contributed by atoms with Crippen LogP contribution in [-0.4, -0.2) is 36.8 Å². The van der Waals surface area contributed by atoms with Crippen LogP contribution in [-0.2, 0) is 21.2 Å². The van der Waals surface area contributed by atoms with Gasteiger partial charge in [0.1, 0.15) is 0 Å². The van der Waals surface area contributed by atoms with Gasteiger partial charge >= 0.3 is 0 Å². The summed E-state index contributed by atoms with van der Waals surface area (Å²) in [5, 5.41) is 0.618. The fourth-order valence-electron chi connectivity index (χ4n) is 2.74. The Kier molecular flexibility index (Phi) is 5.50. The Morgan fingerprint density at radius 2 is 2.14 bits per heavy atom. The second-order valence-corrected chi connectivity index (χ2v) is 8.97. The molecule has 1 aliphatic heterocycles. The van der Waals surface area contributed by atoms with E-state index < -0.39 is 9.84 Å². The average molecular weight is 344 g/mol. The number of halogens is 1. The number of nitrogens with zero attached hydrogens (tertiary/aromatic N) is 1. The molecule has 0 N–H and O–H groups in total. The van der Waals surface area contributed by atoms with Gasteiger partial charge < -0.3 is 4.90 Å². The number of hydrogen-bond donors (Lipinski definition) is 0. The zero-order valence-corrected chi connectivity index (χ0v) is 14.5. The van der Waals surface area contributed by atoms with Crippen molar-refractivity contribution in [1.29, 1.82) is 0 Å². The lowest BCUT2D eigenvalue weighted by molar-refractivity contribution is -0.134. The van der Waals surface area contributed by atoms with E-state index in [9.17, 15) is 13.2 Å². The second kappa shape index (κ2) is 7.01. The minimum absolute atomic E-state index is 0.0112. The van der Waals surface area contributed by atoms with E-state index in [4.69, 9.17) is 11.6 Å². The van der Waals surface area contributed by atoms with E-state index >= 15 is 0 Å². The molecule has 6 heteroatoms. The molecule has 122 valence electrons. The summed E-state index contributed by atoms with van der Waals surface area (Å²) in [6.07, 6.45) is 0.948. The van der Waals surface area contributed by atoms with Crippen LogP contribution in [0.3, 0.4) is 0 Å². The minimum Gasteiger partial charge on any atom is -0.334 e. The van der Waals surface area contributed by atoms with Crippen LogP contribution in [0.5, 0.6) is 0 Å². The molecule has 0 spiro atoms. The van der Waals surface area contributed by atoms with E-state index in [0.29, 0.717) is 24.4 Å². The Labute approximate surface area is 137 Å². The van der Waals surface area contributed by atoms with Gasteiger partial charge in [0.25, 0.3) is 0 Å². The Morgan fingerprint density at radius 3 is 2.68 bits per heavy atom. The van der Waals surface area contributed by atoms with Crippen molar-refractivity contribution in [3.8, 4) is 0 Å². The maximum atomic E-state index is 12.5. The van der Waals surface area contributed by atoms with Gasteiger partial charge in [-0.05, 0) is 30.0 Å². The van der Waals surface area contributed by atoms with Crippen molar-refractivity contribution in [2.75, 3.05) is 11.5 Å². The molecule has 0 aromatic heterocycles. The number of amides is 1. The molecule has 1 aromatic rings. The average Bonchev–Trinajstić information content (AvgIpc) is 2.75. The summed E-state index contributed by atoms with van der Waals surface area (Å²) < 4.78 is 23.5. The van der Waals surface area contributed by atoms with Gasteiger partial charge in [0.2, 0.25) is 5.91 Å². The van der Waals surface area contributed by atoms with Crippen molar-refractivity contribution < 1.29 is 13.2 Å². The normalized spacial score (nSPS) is 20.3.